The van der Waals surface area contributed by atoms with Crippen LogP contribution < -0.4 is 4.74 Å². The lowest BCUT2D eigenvalue weighted by atomic mass is 9.89. The van der Waals surface area contributed by atoms with E-state index in [1.54, 1.807) is 24.3 Å². The van der Waals surface area contributed by atoms with Crippen LogP contribution in [0.25, 0.3) is 0 Å². The summed E-state index contributed by atoms with van der Waals surface area (Å²) < 4.78 is 39.0. The number of hydrogen-bond acceptors (Lipinski definition) is 8. The van der Waals surface area contributed by atoms with Crippen LogP contribution in [0.1, 0.15) is 44.3 Å². The molecule has 0 unspecified atom stereocenters. The Balaban J connectivity index is 1.42. The van der Waals surface area contributed by atoms with Gasteiger partial charge < -0.3 is 28.4 Å². The van der Waals surface area contributed by atoms with Gasteiger partial charge in [-0.05, 0) is 41.3 Å². The topological polar surface area (TPSA) is 89.5 Å². The Bertz CT molecular complexity index is 1880. The minimum atomic E-state index is -0.839. The van der Waals surface area contributed by atoms with Gasteiger partial charge in [-0.1, -0.05) is 134 Å². The van der Waals surface area contributed by atoms with Crippen LogP contribution in [0.15, 0.2) is 152 Å². The van der Waals surface area contributed by atoms with Gasteiger partial charge in [0.25, 0.3) is 0 Å². The minimum Gasteiger partial charge on any atom is -0.459 e. The number of aryl methyl sites for hydroxylation is 1. The van der Waals surface area contributed by atoms with Gasteiger partial charge in [0.05, 0.1) is 25.4 Å². The van der Waals surface area contributed by atoms with Gasteiger partial charge in [-0.15, -0.1) is 0 Å². The molecule has 1 saturated heterocycles. The van der Waals surface area contributed by atoms with Crippen LogP contribution in [-0.2, 0) is 48.3 Å². The second-order valence-corrected chi connectivity index (χ2v) is 12.5. The number of carbonyl (C=O) groups excluding carboxylic acids is 2. The quantitative estimate of drug-likeness (QED) is 0.0615. The molecule has 0 amide bonds. The lowest BCUT2D eigenvalue weighted by Gasteiger charge is -2.46. The van der Waals surface area contributed by atoms with Crippen molar-refractivity contribution in [2.75, 3.05) is 6.61 Å². The highest BCUT2D eigenvalue weighted by molar-refractivity contribution is 5.89. The smallest absolute Gasteiger partial charge is 0.338 e. The average Bonchev–Trinajstić information content (AvgIpc) is 3.20. The van der Waals surface area contributed by atoms with E-state index in [0.717, 1.165) is 28.3 Å². The molecule has 5 aromatic rings. The SMILES string of the molecule is C=CC(=O)Oc1c(C)cccc1[C@H]1O[C@H](COC(=O)c2ccccc2)[C@@H](OCc2ccccc2)[C@H](OCc2ccccc2)[C@@H]1OCc1ccccc1. The van der Waals surface area contributed by atoms with E-state index in [0.29, 0.717) is 16.9 Å². The molecule has 0 bridgehead atoms. The van der Waals surface area contributed by atoms with Crippen LogP contribution in [0.5, 0.6) is 5.75 Å². The third-order valence-corrected chi connectivity index (χ3v) is 8.80. The molecule has 266 valence electrons. The largest absolute Gasteiger partial charge is 0.459 e. The number of carbonyl (C=O) groups is 2. The Morgan fingerprint density at radius 3 is 1.67 bits per heavy atom. The summed E-state index contributed by atoms with van der Waals surface area (Å²) in [5.41, 5.74) is 4.56. The molecule has 8 nitrogen and oxygen atoms in total. The van der Waals surface area contributed by atoms with Gasteiger partial charge in [-0.25, -0.2) is 9.59 Å². The Morgan fingerprint density at radius 1 is 0.635 bits per heavy atom. The summed E-state index contributed by atoms with van der Waals surface area (Å²) >= 11 is 0. The number of esters is 2. The number of ether oxygens (including phenoxy) is 6. The molecule has 1 fully saturated rings. The number of para-hydroxylation sites is 1. The summed E-state index contributed by atoms with van der Waals surface area (Å²) in [5.74, 6) is -0.776. The molecule has 5 aromatic carbocycles. The molecule has 8 heteroatoms. The van der Waals surface area contributed by atoms with Crippen molar-refractivity contribution in [3.8, 4) is 5.75 Å². The fourth-order valence-corrected chi connectivity index (χ4v) is 6.17. The van der Waals surface area contributed by atoms with E-state index in [1.807, 2.05) is 122 Å². The van der Waals surface area contributed by atoms with Gasteiger partial charge in [0, 0.05) is 11.6 Å². The van der Waals surface area contributed by atoms with Crippen molar-refractivity contribution in [2.24, 2.45) is 0 Å². The van der Waals surface area contributed by atoms with Crippen molar-refractivity contribution >= 4 is 11.9 Å². The summed E-state index contributed by atoms with van der Waals surface area (Å²) in [6.45, 7) is 6.03. The lowest BCUT2D eigenvalue weighted by molar-refractivity contribution is -0.272. The first-order valence-corrected chi connectivity index (χ1v) is 17.3. The van der Waals surface area contributed by atoms with Crippen LogP contribution in [0.3, 0.4) is 0 Å². The van der Waals surface area contributed by atoms with Crippen molar-refractivity contribution < 1.29 is 38.0 Å². The standard InChI is InChI=1S/C44H42O8/c1-3-38(45)52-39-31(2)17-16-26-36(39)40-42(48-28-33-20-10-5-11-21-33)43(49-29-34-22-12-6-13-23-34)41(47-27-32-18-8-4-9-19-32)37(51-40)30-50-44(46)35-24-14-7-15-25-35/h3-26,37,40-43H,1,27-30H2,2H3/t37-,40-,41-,42-,43+/m1/s1. The first-order valence-electron chi connectivity index (χ1n) is 17.3. The zero-order valence-corrected chi connectivity index (χ0v) is 29.0. The van der Waals surface area contributed by atoms with E-state index in [2.05, 4.69) is 6.58 Å². The third-order valence-electron chi connectivity index (χ3n) is 8.80. The Kier molecular flexibility index (Phi) is 12.8. The van der Waals surface area contributed by atoms with E-state index in [9.17, 15) is 9.59 Å². The van der Waals surface area contributed by atoms with E-state index < -0.39 is 42.5 Å². The summed E-state index contributed by atoms with van der Waals surface area (Å²) in [6.07, 6.45) is -2.81. The fraction of sp³-hybridized carbons (Fsp3) is 0.227. The highest BCUT2D eigenvalue weighted by Gasteiger charge is 2.50. The normalized spacial score (nSPS) is 19.8. The van der Waals surface area contributed by atoms with Gasteiger partial charge >= 0.3 is 11.9 Å². The molecular weight excluding hydrogens is 656 g/mol. The van der Waals surface area contributed by atoms with Crippen molar-refractivity contribution in [3.05, 3.63) is 186 Å². The van der Waals surface area contributed by atoms with Gasteiger partial charge in [-0.2, -0.15) is 0 Å². The molecule has 6 rings (SSSR count). The van der Waals surface area contributed by atoms with E-state index in [-0.39, 0.29) is 26.4 Å². The highest BCUT2D eigenvalue weighted by atomic mass is 16.6. The Labute approximate surface area is 304 Å². The molecule has 5 atom stereocenters. The maximum atomic E-state index is 13.3. The fourth-order valence-electron chi connectivity index (χ4n) is 6.17. The molecule has 52 heavy (non-hydrogen) atoms. The molecule has 0 saturated carbocycles. The van der Waals surface area contributed by atoms with Crippen LogP contribution in [0.4, 0.5) is 0 Å². The van der Waals surface area contributed by atoms with E-state index in [1.165, 1.54) is 0 Å². The molecule has 0 spiro atoms. The predicted octanol–water partition coefficient (Wildman–Crippen LogP) is 8.14. The highest BCUT2D eigenvalue weighted by Crippen LogP contribution is 2.42. The van der Waals surface area contributed by atoms with Crippen LogP contribution in [0.2, 0.25) is 0 Å². The van der Waals surface area contributed by atoms with Crippen molar-refractivity contribution in [3.63, 3.8) is 0 Å². The van der Waals surface area contributed by atoms with E-state index in [4.69, 9.17) is 28.4 Å². The summed E-state index contributed by atoms with van der Waals surface area (Å²) in [5, 5.41) is 0. The molecule has 0 N–H and O–H groups in total. The Morgan fingerprint density at radius 2 is 1.13 bits per heavy atom. The van der Waals surface area contributed by atoms with Gasteiger partial charge in [0.1, 0.15) is 42.9 Å². The molecule has 0 aliphatic carbocycles. The maximum Gasteiger partial charge on any atom is 0.338 e. The molecule has 0 aromatic heterocycles. The van der Waals surface area contributed by atoms with Crippen molar-refractivity contribution in [2.45, 2.75) is 57.3 Å². The van der Waals surface area contributed by atoms with Crippen LogP contribution in [0, 0.1) is 6.92 Å². The van der Waals surface area contributed by atoms with Crippen molar-refractivity contribution in [1.29, 1.82) is 0 Å². The summed E-state index contributed by atoms with van der Waals surface area (Å²) in [7, 11) is 0. The number of hydrogen-bond donors (Lipinski definition) is 0. The van der Waals surface area contributed by atoms with Crippen LogP contribution in [-0.4, -0.2) is 43.0 Å². The zero-order chi connectivity index (χ0) is 36.1. The molecular formula is C44H42O8. The first-order chi connectivity index (χ1) is 25.5. The van der Waals surface area contributed by atoms with Crippen LogP contribution >= 0.6 is 0 Å². The summed E-state index contributed by atoms with van der Waals surface area (Å²) in [4.78, 5) is 25.9. The molecule has 1 aliphatic rings. The van der Waals surface area contributed by atoms with Gasteiger partial charge in [-0.3, -0.25) is 0 Å². The summed E-state index contributed by atoms with van der Waals surface area (Å²) in [6, 6.07) is 43.8. The predicted molar refractivity (Wildman–Crippen MR) is 196 cm³/mol. The first kappa shape index (κ1) is 36.4. The Hall–Kier alpha value is -5.38. The maximum absolute atomic E-state index is 13.3. The second kappa shape index (κ2) is 18.2. The third kappa shape index (κ3) is 9.48. The number of benzene rings is 5. The zero-order valence-electron chi connectivity index (χ0n) is 29.0. The minimum absolute atomic E-state index is 0.145. The number of rotatable bonds is 15. The molecule has 1 aliphatic heterocycles. The molecule has 0 radical (unpaired) electrons. The lowest BCUT2D eigenvalue weighted by Crippen LogP contribution is -2.58. The van der Waals surface area contributed by atoms with E-state index >= 15 is 0 Å². The van der Waals surface area contributed by atoms with Crippen molar-refractivity contribution in [1.82, 2.24) is 0 Å². The molecule has 1 heterocycles. The monoisotopic (exact) mass is 698 g/mol. The second-order valence-electron chi connectivity index (χ2n) is 12.5. The van der Waals surface area contributed by atoms with Gasteiger partial charge in [0.2, 0.25) is 0 Å². The van der Waals surface area contributed by atoms with Gasteiger partial charge in [0.15, 0.2) is 0 Å². The average molecular weight is 699 g/mol.